The molecule has 2 bridgehead atoms. The van der Waals surface area contributed by atoms with Crippen molar-refractivity contribution in [3.05, 3.63) is 24.5 Å². The molecule has 0 radical (unpaired) electrons. The Morgan fingerprint density at radius 1 is 1.37 bits per heavy atom. The van der Waals surface area contributed by atoms with Crippen molar-refractivity contribution in [2.45, 2.75) is 31.3 Å². The van der Waals surface area contributed by atoms with Gasteiger partial charge in [-0.05, 0) is 6.92 Å². The minimum Gasteiger partial charge on any atom is -0.498 e. The number of hydrogen-bond donors (Lipinski definition) is 0. The van der Waals surface area contributed by atoms with Crippen LogP contribution in [0, 0.1) is 11.8 Å². The van der Waals surface area contributed by atoms with Crippen molar-refractivity contribution in [3.63, 3.8) is 0 Å². The Balaban J connectivity index is 1.82. The van der Waals surface area contributed by atoms with E-state index in [1.54, 1.807) is 14.0 Å². The lowest BCUT2D eigenvalue weighted by atomic mass is 9.77. The van der Waals surface area contributed by atoms with Gasteiger partial charge in [-0.25, -0.2) is 4.79 Å². The largest absolute Gasteiger partial charge is 0.498 e. The summed E-state index contributed by atoms with van der Waals surface area (Å²) in [5.74, 6) is 0.661. The van der Waals surface area contributed by atoms with Crippen LogP contribution in [0.4, 0.5) is 0 Å². The van der Waals surface area contributed by atoms with Crippen LogP contribution in [0.1, 0.15) is 6.92 Å². The number of methoxy groups -OCH3 is 1. The molecular formula is C14H18O5. The van der Waals surface area contributed by atoms with Crippen molar-refractivity contribution in [1.29, 1.82) is 0 Å². The fourth-order valence-electron chi connectivity index (χ4n) is 3.34. The lowest BCUT2D eigenvalue weighted by Crippen LogP contribution is -2.49. The Morgan fingerprint density at radius 2 is 2.11 bits per heavy atom. The van der Waals surface area contributed by atoms with Crippen molar-refractivity contribution < 1.29 is 23.7 Å². The molecule has 5 nitrogen and oxygen atoms in total. The van der Waals surface area contributed by atoms with Crippen molar-refractivity contribution in [3.8, 4) is 0 Å². The molecule has 0 N–H and O–H groups in total. The second kappa shape index (κ2) is 4.35. The van der Waals surface area contributed by atoms with Crippen LogP contribution in [0.15, 0.2) is 24.5 Å². The van der Waals surface area contributed by atoms with Gasteiger partial charge in [-0.3, -0.25) is 0 Å². The van der Waals surface area contributed by atoms with E-state index in [9.17, 15) is 4.79 Å². The lowest BCUT2D eigenvalue weighted by molar-refractivity contribution is -0.154. The average molecular weight is 266 g/mol. The van der Waals surface area contributed by atoms with E-state index in [0.29, 0.717) is 12.2 Å². The van der Waals surface area contributed by atoms with E-state index < -0.39 is 12.1 Å². The number of carbonyl (C=O) groups excluding carboxylic acids is 1. The molecule has 6 unspecified atom stereocenters. The van der Waals surface area contributed by atoms with Crippen LogP contribution in [0.5, 0.6) is 0 Å². The fraction of sp³-hybridized carbons (Fsp3) is 0.643. The smallest absolute Gasteiger partial charge is 0.333 e. The summed E-state index contributed by atoms with van der Waals surface area (Å²) >= 11 is 0. The highest BCUT2D eigenvalue weighted by atomic mass is 16.6. The summed E-state index contributed by atoms with van der Waals surface area (Å²) < 4.78 is 22.4. The summed E-state index contributed by atoms with van der Waals surface area (Å²) in [6, 6.07) is 0. The van der Waals surface area contributed by atoms with E-state index in [1.807, 2.05) is 0 Å². The first-order chi connectivity index (χ1) is 9.04. The van der Waals surface area contributed by atoms with E-state index in [1.165, 1.54) is 0 Å². The highest BCUT2D eigenvalue weighted by Gasteiger charge is 2.65. The van der Waals surface area contributed by atoms with Crippen LogP contribution < -0.4 is 0 Å². The zero-order chi connectivity index (χ0) is 13.7. The third-order valence-corrected chi connectivity index (χ3v) is 4.22. The second-order valence-corrected chi connectivity index (χ2v) is 5.38. The molecule has 5 heteroatoms. The van der Waals surface area contributed by atoms with Crippen LogP contribution in [0.25, 0.3) is 0 Å². The Hall–Kier alpha value is -1.33. The van der Waals surface area contributed by atoms with Gasteiger partial charge in [0, 0.05) is 18.6 Å². The molecule has 0 aromatic heterocycles. The standard InChI is InChI=1S/C14H18O5/c1-6(2)14(15)19-13-11-9-7(3)17-5-8(9)10(18-11)12(13)16-4/h8-13H,1,3,5H2,2,4H3. The summed E-state index contributed by atoms with van der Waals surface area (Å²) in [5.41, 5.74) is 0.371. The Morgan fingerprint density at radius 3 is 2.74 bits per heavy atom. The maximum Gasteiger partial charge on any atom is 0.333 e. The van der Waals surface area contributed by atoms with Gasteiger partial charge < -0.3 is 18.9 Å². The van der Waals surface area contributed by atoms with Crippen LogP contribution in [-0.4, -0.2) is 44.1 Å². The molecule has 3 rings (SSSR count). The first kappa shape index (κ1) is 12.7. The monoisotopic (exact) mass is 266 g/mol. The number of hydrogen-bond acceptors (Lipinski definition) is 5. The molecule has 0 spiro atoms. The number of fused-ring (bicyclic) bond motifs is 5. The highest BCUT2D eigenvalue weighted by Crippen LogP contribution is 2.52. The molecule has 0 saturated carbocycles. The molecule has 0 aliphatic carbocycles. The van der Waals surface area contributed by atoms with Crippen LogP contribution in [-0.2, 0) is 23.7 Å². The first-order valence-corrected chi connectivity index (χ1v) is 6.41. The fourth-order valence-corrected chi connectivity index (χ4v) is 3.34. The number of ether oxygens (including phenoxy) is 4. The molecule has 104 valence electrons. The van der Waals surface area contributed by atoms with Gasteiger partial charge in [0.25, 0.3) is 0 Å². The third-order valence-electron chi connectivity index (χ3n) is 4.22. The summed E-state index contributed by atoms with van der Waals surface area (Å²) in [7, 11) is 1.61. The van der Waals surface area contributed by atoms with Crippen molar-refractivity contribution in [2.24, 2.45) is 11.8 Å². The Bertz CT molecular complexity index is 443. The zero-order valence-electron chi connectivity index (χ0n) is 11.1. The SMILES string of the molecule is C=C(C)C(=O)OC1C(OC)C2OC1C1C(=C)OCC21. The molecule has 3 saturated heterocycles. The van der Waals surface area contributed by atoms with E-state index in [4.69, 9.17) is 18.9 Å². The maximum atomic E-state index is 11.7. The van der Waals surface area contributed by atoms with Crippen LogP contribution in [0.2, 0.25) is 0 Å². The minimum atomic E-state index is -0.418. The summed E-state index contributed by atoms with van der Waals surface area (Å²) in [4.78, 5) is 11.7. The summed E-state index contributed by atoms with van der Waals surface area (Å²) in [6.07, 6.45) is -0.983. The van der Waals surface area contributed by atoms with Crippen molar-refractivity contribution in [2.75, 3.05) is 13.7 Å². The van der Waals surface area contributed by atoms with Gasteiger partial charge in [0.05, 0.1) is 24.4 Å². The molecular weight excluding hydrogens is 248 g/mol. The minimum absolute atomic E-state index is 0.0952. The van der Waals surface area contributed by atoms with Gasteiger partial charge in [0.1, 0.15) is 12.2 Å². The van der Waals surface area contributed by atoms with E-state index >= 15 is 0 Å². The van der Waals surface area contributed by atoms with Gasteiger partial charge in [-0.15, -0.1) is 0 Å². The van der Waals surface area contributed by atoms with Crippen molar-refractivity contribution >= 4 is 5.97 Å². The van der Waals surface area contributed by atoms with E-state index in [0.717, 1.165) is 5.76 Å². The first-order valence-electron chi connectivity index (χ1n) is 6.41. The molecule has 19 heavy (non-hydrogen) atoms. The summed E-state index contributed by atoms with van der Waals surface area (Å²) in [5, 5.41) is 0. The predicted octanol–water partition coefficient (Wildman–Crippen LogP) is 1.05. The zero-order valence-corrected chi connectivity index (χ0v) is 11.1. The highest BCUT2D eigenvalue weighted by molar-refractivity contribution is 5.87. The predicted molar refractivity (Wildman–Crippen MR) is 66.2 cm³/mol. The Labute approximate surface area is 112 Å². The number of carbonyl (C=O) groups is 1. The topological polar surface area (TPSA) is 54.0 Å². The third kappa shape index (κ3) is 1.72. The average Bonchev–Trinajstić information content (AvgIpc) is 3.00. The maximum absolute atomic E-state index is 11.7. The molecule has 3 heterocycles. The lowest BCUT2D eigenvalue weighted by Gasteiger charge is -2.32. The van der Waals surface area contributed by atoms with Gasteiger partial charge in [-0.1, -0.05) is 13.2 Å². The van der Waals surface area contributed by atoms with Gasteiger partial charge in [0.2, 0.25) is 0 Å². The van der Waals surface area contributed by atoms with Gasteiger partial charge in [0.15, 0.2) is 6.10 Å². The molecule has 3 fully saturated rings. The quantitative estimate of drug-likeness (QED) is 0.564. The Kier molecular flexibility index (Phi) is 2.91. The molecule has 6 atom stereocenters. The van der Waals surface area contributed by atoms with Crippen LogP contribution >= 0.6 is 0 Å². The van der Waals surface area contributed by atoms with E-state index in [2.05, 4.69) is 13.2 Å². The van der Waals surface area contributed by atoms with Gasteiger partial charge in [-0.2, -0.15) is 0 Å². The number of esters is 1. The van der Waals surface area contributed by atoms with Crippen molar-refractivity contribution in [1.82, 2.24) is 0 Å². The molecule has 3 aliphatic rings. The molecule has 0 aromatic carbocycles. The summed E-state index contributed by atoms with van der Waals surface area (Å²) in [6.45, 7) is 9.73. The molecule has 3 aliphatic heterocycles. The number of rotatable bonds is 3. The van der Waals surface area contributed by atoms with Crippen LogP contribution in [0.3, 0.4) is 0 Å². The second-order valence-electron chi connectivity index (χ2n) is 5.38. The molecule has 0 amide bonds. The van der Waals surface area contributed by atoms with E-state index in [-0.39, 0.29) is 30.1 Å². The molecule has 0 aromatic rings. The normalized spacial score (nSPS) is 42.9. The van der Waals surface area contributed by atoms with Gasteiger partial charge >= 0.3 is 5.97 Å².